The molecule has 1 unspecified atom stereocenters. The molecule has 0 aromatic rings. The van der Waals surface area contributed by atoms with Crippen LogP contribution in [0.5, 0.6) is 0 Å². The molecular weight excluding hydrogens is 204 g/mol. The molecule has 0 bridgehead atoms. The van der Waals surface area contributed by atoms with Crippen molar-refractivity contribution < 1.29 is 9.53 Å². The molecule has 2 N–H and O–H groups in total. The van der Waals surface area contributed by atoms with Crippen LogP contribution in [0.3, 0.4) is 0 Å². The van der Waals surface area contributed by atoms with E-state index < -0.39 is 0 Å². The van der Waals surface area contributed by atoms with E-state index in [0.717, 1.165) is 19.5 Å². The Bertz CT molecular complexity index is 221. The van der Waals surface area contributed by atoms with E-state index in [2.05, 4.69) is 10.6 Å². The number of methoxy groups -OCH3 is 1. The average molecular weight is 228 g/mol. The topological polar surface area (TPSA) is 50.4 Å². The lowest BCUT2D eigenvalue weighted by Crippen LogP contribution is -2.43. The number of ether oxygens (including phenoxy) is 1. The van der Waals surface area contributed by atoms with Gasteiger partial charge in [0.2, 0.25) is 5.91 Å². The Labute approximate surface area is 98.1 Å². The highest BCUT2D eigenvalue weighted by Gasteiger charge is 2.23. The summed E-state index contributed by atoms with van der Waals surface area (Å²) in [5.74, 6) is 0.0838. The summed E-state index contributed by atoms with van der Waals surface area (Å²) in [4.78, 5) is 11.8. The Kier molecular flexibility index (Phi) is 5.22. The first kappa shape index (κ1) is 13.5. The van der Waals surface area contributed by atoms with Crippen LogP contribution in [-0.4, -0.2) is 37.7 Å². The van der Waals surface area contributed by atoms with Gasteiger partial charge in [0, 0.05) is 19.7 Å². The number of nitrogens with one attached hydrogen (secondary N) is 2. The van der Waals surface area contributed by atoms with Crippen LogP contribution < -0.4 is 10.6 Å². The molecule has 1 aliphatic heterocycles. The summed E-state index contributed by atoms with van der Waals surface area (Å²) in [5, 5.41) is 6.40. The van der Waals surface area contributed by atoms with Crippen molar-refractivity contribution in [2.24, 2.45) is 0 Å². The molecule has 94 valence electrons. The molecule has 4 nitrogen and oxygen atoms in total. The lowest BCUT2D eigenvalue weighted by atomic mass is 10.0. The van der Waals surface area contributed by atoms with Crippen molar-refractivity contribution in [1.82, 2.24) is 10.6 Å². The van der Waals surface area contributed by atoms with Crippen LogP contribution >= 0.6 is 0 Å². The zero-order valence-corrected chi connectivity index (χ0v) is 10.6. The predicted octanol–water partition coefficient (Wildman–Crippen LogP) is 1.06. The molecule has 1 amide bonds. The van der Waals surface area contributed by atoms with Crippen LogP contribution in [0, 0.1) is 0 Å². The van der Waals surface area contributed by atoms with Crippen LogP contribution in [-0.2, 0) is 9.53 Å². The number of rotatable bonds is 4. The highest BCUT2D eigenvalue weighted by atomic mass is 16.5. The van der Waals surface area contributed by atoms with E-state index in [1.807, 2.05) is 13.8 Å². The van der Waals surface area contributed by atoms with Gasteiger partial charge in [0.1, 0.15) is 0 Å². The normalized spacial score (nSPS) is 22.6. The third kappa shape index (κ3) is 4.94. The quantitative estimate of drug-likeness (QED) is 0.756. The van der Waals surface area contributed by atoms with E-state index in [1.54, 1.807) is 7.11 Å². The maximum atomic E-state index is 11.8. The van der Waals surface area contributed by atoms with E-state index in [9.17, 15) is 4.79 Å². The van der Waals surface area contributed by atoms with Crippen LogP contribution in [0.4, 0.5) is 0 Å². The standard InChI is InChI=1S/C12H24N2O2/c1-12(2,16-3)8-11(15)14-10-6-4-5-7-13-9-10/h10,13H,4-9H2,1-3H3,(H,14,15). The SMILES string of the molecule is COC(C)(C)CC(=O)NC1CCCCNC1. The highest BCUT2D eigenvalue weighted by Crippen LogP contribution is 2.13. The second kappa shape index (κ2) is 6.21. The molecule has 0 saturated carbocycles. The predicted molar refractivity (Wildman–Crippen MR) is 64.4 cm³/mol. The summed E-state index contributed by atoms with van der Waals surface area (Å²) in [6.45, 7) is 5.81. The van der Waals surface area contributed by atoms with Gasteiger partial charge in [-0.15, -0.1) is 0 Å². The van der Waals surface area contributed by atoms with Gasteiger partial charge in [-0.25, -0.2) is 0 Å². The Morgan fingerprint density at radius 1 is 1.50 bits per heavy atom. The molecule has 0 radical (unpaired) electrons. The minimum absolute atomic E-state index is 0.0838. The lowest BCUT2D eigenvalue weighted by molar-refractivity contribution is -0.126. The summed E-state index contributed by atoms with van der Waals surface area (Å²) in [6, 6.07) is 0.280. The van der Waals surface area contributed by atoms with Gasteiger partial charge in [0.15, 0.2) is 0 Å². The fraction of sp³-hybridized carbons (Fsp3) is 0.917. The van der Waals surface area contributed by atoms with Crippen molar-refractivity contribution in [1.29, 1.82) is 0 Å². The number of hydrogen-bond donors (Lipinski definition) is 2. The van der Waals surface area contributed by atoms with Crippen molar-refractivity contribution in [3.63, 3.8) is 0 Å². The van der Waals surface area contributed by atoms with Gasteiger partial charge in [0.25, 0.3) is 0 Å². The average Bonchev–Trinajstić information content (AvgIpc) is 2.45. The van der Waals surface area contributed by atoms with Crippen LogP contribution in [0.25, 0.3) is 0 Å². The van der Waals surface area contributed by atoms with Gasteiger partial charge in [-0.2, -0.15) is 0 Å². The van der Waals surface area contributed by atoms with Gasteiger partial charge in [-0.3, -0.25) is 4.79 Å². The smallest absolute Gasteiger partial charge is 0.223 e. The fourth-order valence-corrected chi connectivity index (χ4v) is 1.88. The molecule has 1 rings (SSSR count). The molecule has 1 heterocycles. The summed E-state index contributed by atoms with van der Waals surface area (Å²) in [5.41, 5.74) is -0.373. The number of hydrogen-bond acceptors (Lipinski definition) is 3. The van der Waals surface area contributed by atoms with Crippen molar-refractivity contribution in [3.8, 4) is 0 Å². The molecule has 0 aliphatic carbocycles. The second-order valence-electron chi connectivity index (χ2n) is 5.10. The van der Waals surface area contributed by atoms with Crippen molar-refractivity contribution in [3.05, 3.63) is 0 Å². The van der Waals surface area contributed by atoms with Crippen molar-refractivity contribution in [2.75, 3.05) is 20.2 Å². The molecule has 1 aliphatic rings. The zero-order chi connectivity index (χ0) is 12.0. The second-order valence-corrected chi connectivity index (χ2v) is 5.10. The summed E-state index contributed by atoms with van der Waals surface area (Å²) in [6.07, 6.45) is 3.88. The lowest BCUT2D eigenvalue weighted by Gasteiger charge is -2.24. The summed E-state index contributed by atoms with van der Waals surface area (Å²) in [7, 11) is 1.64. The molecular formula is C12H24N2O2. The Balaban J connectivity index is 2.32. The summed E-state index contributed by atoms with van der Waals surface area (Å²) < 4.78 is 5.25. The molecule has 1 saturated heterocycles. The van der Waals surface area contributed by atoms with Gasteiger partial charge < -0.3 is 15.4 Å². The van der Waals surface area contributed by atoms with Crippen molar-refractivity contribution >= 4 is 5.91 Å². The molecule has 4 heteroatoms. The largest absolute Gasteiger partial charge is 0.378 e. The minimum Gasteiger partial charge on any atom is -0.378 e. The van der Waals surface area contributed by atoms with Gasteiger partial charge >= 0.3 is 0 Å². The third-order valence-corrected chi connectivity index (χ3v) is 3.05. The Morgan fingerprint density at radius 2 is 2.25 bits per heavy atom. The Hall–Kier alpha value is -0.610. The van der Waals surface area contributed by atoms with E-state index in [4.69, 9.17) is 4.74 Å². The van der Waals surface area contributed by atoms with E-state index >= 15 is 0 Å². The monoisotopic (exact) mass is 228 g/mol. The van der Waals surface area contributed by atoms with Crippen LogP contribution in [0.15, 0.2) is 0 Å². The fourth-order valence-electron chi connectivity index (χ4n) is 1.88. The van der Waals surface area contributed by atoms with Crippen molar-refractivity contribution in [2.45, 2.75) is 51.2 Å². The molecule has 0 aromatic heterocycles. The van der Waals surface area contributed by atoms with Crippen LogP contribution in [0.1, 0.15) is 39.5 Å². The first-order chi connectivity index (χ1) is 7.53. The van der Waals surface area contributed by atoms with E-state index in [1.165, 1.54) is 12.8 Å². The molecule has 1 atom stereocenters. The number of carbonyl (C=O) groups excluding carboxylic acids is 1. The maximum absolute atomic E-state index is 11.8. The van der Waals surface area contributed by atoms with E-state index in [-0.39, 0.29) is 17.6 Å². The van der Waals surface area contributed by atoms with E-state index in [0.29, 0.717) is 6.42 Å². The first-order valence-corrected chi connectivity index (χ1v) is 6.09. The summed E-state index contributed by atoms with van der Waals surface area (Å²) >= 11 is 0. The zero-order valence-electron chi connectivity index (χ0n) is 10.6. The number of amides is 1. The van der Waals surface area contributed by atoms with Gasteiger partial charge in [-0.05, 0) is 33.2 Å². The minimum atomic E-state index is -0.373. The molecule has 0 aromatic carbocycles. The molecule has 16 heavy (non-hydrogen) atoms. The molecule has 0 spiro atoms. The first-order valence-electron chi connectivity index (χ1n) is 6.09. The number of carbonyl (C=O) groups is 1. The van der Waals surface area contributed by atoms with Crippen LogP contribution in [0.2, 0.25) is 0 Å². The highest BCUT2D eigenvalue weighted by molar-refractivity contribution is 5.77. The van der Waals surface area contributed by atoms with Gasteiger partial charge in [0.05, 0.1) is 12.0 Å². The third-order valence-electron chi connectivity index (χ3n) is 3.05. The maximum Gasteiger partial charge on any atom is 0.223 e. The Morgan fingerprint density at radius 3 is 2.94 bits per heavy atom. The molecule has 1 fully saturated rings. The van der Waals surface area contributed by atoms with Gasteiger partial charge in [-0.1, -0.05) is 6.42 Å².